The van der Waals surface area contributed by atoms with E-state index in [2.05, 4.69) is 33.2 Å². The van der Waals surface area contributed by atoms with Gasteiger partial charge in [-0.05, 0) is 65.4 Å². The molecule has 0 saturated carbocycles. The van der Waals surface area contributed by atoms with Crippen molar-refractivity contribution in [1.82, 2.24) is 5.32 Å². The lowest BCUT2D eigenvalue weighted by atomic mass is 10.1. The zero-order valence-corrected chi connectivity index (χ0v) is 14.5. The molecule has 0 fully saturated rings. The van der Waals surface area contributed by atoms with E-state index in [1.807, 2.05) is 55.5 Å². The first-order chi connectivity index (χ1) is 10.1. The van der Waals surface area contributed by atoms with Gasteiger partial charge in [0, 0.05) is 14.3 Å². The average Bonchev–Trinajstić information content (AvgIpc) is 2.47. The van der Waals surface area contributed by atoms with E-state index < -0.39 is 0 Å². The van der Waals surface area contributed by atoms with E-state index in [4.69, 9.17) is 11.6 Å². The number of amides is 1. The number of nitrogens with one attached hydrogen (secondary N) is 2. The molecular formula is C16H16ClIN2O. The summed E-state index contributed by atoms with van der Waals surface area (Å²) < 4.78 is 1.16. The SMILES string of the molecule is C[C@H](NC(=O)CNc1ccc(I)cc1)c1ccccc1Cl. The largest absolute Gasteiger partial charge is 0.376 e. The van der Waals surface area contributed by atoms with Crippen LogP contribution in [0.25, 0.3) is 0 Å². The zero-order chi connectivity index (χ0) is 15.2. The highest BCUT2D eigenvalue weighted by Gasteiger charge is 2.11. The number of hydrogen-bond acceptors (Lipinski definition) is 2. The molecule has 2 aromatic carbocycles. The van der Waals surface area contributed by atoms with Crippen molar-refractivity contribution < 1.29 is 4.79 Å². The first-order valence-electron chi connectivity index (χ1n) is 6.59. The van der Waals surface area contributed by atoms with Crippen LogP contribution in [0.1, 0.15) is 18.5 Å². The van der Waals surface area contributed by atoms with Gasteiger partial charge in [-0.2, -0.15) is 0 Å². The van der Waals surface area contributed by atoms with Crippen molar-refractivity contribution in [3.63, 3.8) is 0 Å². The Labute approximate surface area is 143 Å². The normalized spacial score (nSPS) is 11.8. The Morgan fingerprint density at radius 3 is 2.52 bits per heavy atom. The second-order valence-electron chi connectivity index (χ2n) is 4.67. The molecule has 2 aromatic rings. The highest BCUT2D eigenvalue weighted by molar-refractivity contribution is 14.1. The average molecular weight is 415 g/mol. The summed E-state index contributed by atoms with van der Waals surface area (Å²) in [7, 11) is 0. The van der Waals surface area contributed by atoms with E-state index in [1.165, 1.54) is 0 Å². The Bertz CT molecular complexity index is 616. The fourth-order valence-electron chi connectivity index (χ4n) is 1.95. The molecule has 1 amide bonds. The van der Waals surface area contributed by atoms with Crippen molar-refractivity contribution in [2.24, 2.45) is 0 Å². The summed E-state index contributed by atoms with van der Waals surface area (Å²) in [5.74, 6) is -0.0685. The van der Waals surface area contributed by atoms with E-state index in [9.17, 15) is 4.79 Å². The van der Waals surface area contributed by atoms with Crippen molar-refractivity contribution in [2.75, 3.05) is 11.9 Å². The van der Waals surface area contributed by atoms with Gasteiger partial charge in [-0.3, -0.25) is 4.79 Å². The summed E-state index contributed by atoms with van der Waals surface area (Å²) in [5, 5.41) is 6.69. The van der Waals surface area contributed by atoms with Crippen LogP contribution in [0.4, 0.5) is 5.69 Å². The second-order valence-corrected chi connectivity index (χ2v) is 6.32. The summed E-state index contributed by atoms with van der Waals surface area (Å²) in [4.78, 5) is 12.0. The van der Waals surface area contributed by atoms with E-state index >= 15 is 0 Å². The van der Waals surface area contributed by atoms with E-state index in [1.54, 1.807) is 0 Å². The van der Waals surface area contributed by atoms with Gasteiger partial charge in [-0.1, -0.05) is 29.8 Å². The van der Waals surface area contributed by atoms with Crippen molar-refractivity contribution in [3.05, 3.63) is 62.7 Å². The number of carbonyl (C=O) groups is 1. The quantitative estimate of drug-likeness (QED) is 0.719. The summed E-state index contributed by atoms with van der Waals surface area (Å²) >= 11 is 8.37. The molecule has 0 radical (unpaired) electrons. The maximum absolute atomic E-state index is 12.0. The van der Waals surface area contributed by atoms with Gasteiger partial charge in [0.25, 0.3) is 0 Å². The van der Waals surface area contributed by atoms with Gasteiger partial charge >= 0.3 is 0 Å². The van der Waals surface area contributed by atoms with Crippen LogP contribution in [-0.2, 0) is 4.79 Å². The van der Waals surface area contributed by atoms with Crippen molar-refractivity contribution in [3.8, 4) is 0 Å². The molecule has 0 spiro atoms. The van der Waals surface area contributed by atoms with Gasteiger partial charge in [-0.25, -0.2) is 0 Å². The molecule has 0 bridgehead atoms. The number of benzene rings is 2. The van der Waals surface area contributed by atoms with Gasteiger partial charge in [0.2, 0.25) is 5.91 Å². The van der Waals surface area contributed by atoms with Crippen molar-refractivity contribution >= 4 is 45.8 Å². The Morgan fingerprint density at radius 1 is 1.19 bits per heavy atom. The number of halogens is 2. The van der Waals surface area contributed by atoms with Crippen molar-refractivity contribution in [1.29, 1.82) is 0 Å². The van der Waals surface area contributed by atoms with E-state index in [0.717, 1.165) is 14.8 Å². The predicted molar refractivity (Wildman–Crippen MR) is 95.7 cm³/mol. The lowest BCUT2D eigenvalue weighted by molar-refractivity contribution is -0.120. The van der Waals surface area contributed by atoms with Gasteiger partial charge in [0.15, 0.2) is 0 Å². The third kappa shape index (κ3) is 4.89. The first-order valence-corrected chi connectivity index (χ1v) is 8.05. The second kappa shape index (κ2) is 7.66. The number of hydrogen-bond donors (Lipinski definition) is 2. The molecule has 2 rings (SSSR count). The molecule has 0 unspecified atom stereocenters. The summed E-state index contributed by atoms with van der Waals surface area (Å²) in [6, 6.07) is 15.3. The standard InChI is InChI=1S/C16H16ClIN2O/c1-11(14-4-2-3-5-15(14)17)20-16(21)10-19-13-8-6-12(18)7-9-13/h2-9,11,19H,10H2,1H3,(H,20,21)/t11-/m0/s1. The fourth-order valence-corrected chi connectivity index (χ4v) is 2.61. The number of carbonyl (C=O) groups excluding carboxylic acids is 1. The van der Waals surface area contributed by atoms with Crippen molar-refractivity contribution in [2.45, 2.75) is 13.0 Å². The topological polar surface area (TPSA) is 41.1 Å². The number of anilines is 1. The molecule has 0 heterocycles. The maximum atomic E-state index is 12.0. The summed E-state index contributed by atoms with van der Waals surface area (Å²) in [6.45, 7) is 2.15. The molecule has 0 aliphatic rings. The molecule has 0 aliphatic heterocycles. The third-order valence-corrected chi connectivity index (χ3v) is 4.11. The molecule has 0 aromatic heterocycles. The fraction of sp³-hybridized carbons (Fsp3) is 0.188. The molecule has 3 nitrogen and oxygen atoms in total. The first kappa shape index (κ1) is 16.1. The minimum atomic E-state index is -0.121. The predicted octanol–water partition coefficient (Wildman–Crippen LogP) is 4.23. The Balaban J connectivity index is 1.87. The molecule has 110 valence electrons. The lowest BCUT2D eigenvalue weighted by Crippen LogP contribution is -2.32. The third-order valence-electron chi connectivity index (χ3n) is 3.05. The molecule has 0 saturated heterocycles. The molecule has 5 heteroatoms. The van der Waals surface area contributed by atoms with Crippen LogP contribution < -0.4 is 10.6 Å². The Kier molecular flexibility index (Phi) is 5.87. The molecule has 0 aliphatic carbocycles. The van der Waals surface area contributed by atoms with Crippen LogP contribution in [0.2, 0.25) is 5.02 Å². The van der Waals surface area contributed by atoms with Gasteiger partial charge < -0.3 is 10.6 Å². The zero-order valence-electron chi connectivity index (χ0n) is 11.6. The maximum Gasteiger partial charge on any atom is 0.239 e. The lowest BCUT2D eigenvalue weighted by Gasteiger charge is -2.16. The summed E-state index contributed by atoms with van der Waals surface area (Å²) in [5.41, 5.74) is 1.85. The van der Waals surface area contributed by atoms with Gasteiger partial charge in [0.1, 0.15) is 0 Å². The van der Waals surface area contributed by atoms with E-state index in [-0.39, 0.29) is 18.5 Å². The Morgan fingerprint density at radius 2 is 1.86 bits per heavy atom. The van der Waals surface area contributed by atoms with Crippen LogP contribution in [0.15, 0.2) is 48.5 Å². The highest BCUT2D eigenvalue weighted by Crippen LogP contribution is 2.21. The van der Waals surface area contributed by atoms with Crippen LogP contribution in [0, 0.1) is 3.57 Å². The minimum Gasteiger partial charge on any atom is -0.376 e. The minimum absolute atomic E-state index is 0.0685. The number of rotatable bonds is 5. The van der Waals surface area contributed by atoms with Crippen LogP contribution >= 0.6 is 34.2 Å². The van der Waals surface area contributed by atoms with Crippen LogP contribution in [-0.4, -0.2) is 12.5 Å². The van der Waals surface area contributed by atoms with E-state index in [0.29, 0.717) is 5.02 Å². The Hall–Kier alpha value is -1.27. The molecule has 1 atom stereocenters. The van der Waals surface area contributed by atoms with Crippen LogP contribution in [0.5, 0.6) is 0 Å². The summed E-state index contributed by atoms with van der Waals surface area (Å²) in [6.07, 6.45) is 0. The molecular weight excluding hydrogens is 399 g/mol. The van der Waals surface area contributed by atoms with Crippen LogP contribution in [0.3, 0.4) is 0 Å². The monoisotopic (exact) mass is 414 g/mol. The smallest absolute Gasteiger partial charge is 0.239 e. The molecule has 2 N–H and O–H groups in total. The van der Waals surface area contributed by atoms with Gasteiger partial charge in [-0.15, -0.1) is 0 Å². The molecule has 21 heavy (non-hydrogen) atoms. The van der Waals surface area contributed by atoms with Gasteiger partial charge in [0.05, 0.1) is 12.6 Å². The highest BCUT2D eigenvalue weighted by atomic mass is 127.